The van der Waals surface area contributed by atoms with Crippen LogP contribution in [0.1, 0.15) is 33.4 Å². The predicted molar refractivity (Wildman–Crippen MR) is 54.4 cm³/mol. The zero-order chi connectivity index (χ0) is 10.7. The van der Waals surface area contributed by atoms with Crippen molar-refractivity contribution in [2.75, 3.05) is 7.11 Å². The van der Waals surface area contributed by atoms with Gasteiger partial charge in [0.2, 0.25) is 0 Å². The van der Waals surface area contributed by atoms with E-state index in [9.17, 15) is 0 Å². The molecule has 4 nitrogen and oxygen atoms in total. The van der Waals surface area contributed by atoms with Crippen LogP contribution in [0, 0.1) is 0 Å². The number of hydrogen-bond donors (Lipinski definition) is 0. The zero-order valence-electron chi connectivity index (χ0n) is 9.53. The Balaban J connectivity index is 0. The summed E-state index contributed by atoms with van der Waals surface area (Å²) in [5.74, 6) is 0. The first-order valence-electron chi connectivity index (χ1n) is 4.67. The highest BCUT2D eigenvalue weighted by molar-refractivity contribution is 4.88. The minimum atomic E-state index is 0.536. The van der Waals surface area contributed by atoms with E-state index in [-0.39, 0.29) is 0 Å². The normalized spacial score (nSPS) is 7.85. The Kier molecular flexibility index (Phi) is 12.5. The summed E-state index contributed by atoms with van der Waals surface area (Å²) < 4.78 is 6.47. The van der Waals surface area contributed by atoms with E-state index in [0.717, 1.165) is 5.69 Å². The zero-order valence-corrected chi connectivity index (χ0v) is 9.53. The van der Waals surface area contributed by atoms with Gasteiger partial charge in [0.25, 0.3) is 0 Å². The third kappa shape index (κ3) is 7.46. The van der Waals surface area contributed by atoms with E-state index in [2.05, 4.69) is 10.3 Å². The van der Waals surface area contributed by atoms with Crippen LogP contribution in [0.25, 0.3) is 0 Å². The Labute approximate surface area is 80.9 Å². The van der Waals surface area contributed by atoms with Crippen LogP contribution in [0.3, 0.4) is 0 Å². The van der Waals surface area contributed by atoms with Crippen molar-refractivity contribution in [2.45, 2.75) is 34.3 Å². The van der Waals surface area contributed by atoms with E-state index in [4.69, 9.17) is 4.74 Å². The maximum Gasteiger partial charge on any atom is 0.108 e. The van der Waals surface area contributed by atoms with E-state index in [1.807, 2.05) is 40.9 Å². The minimum Gasteiger partial charge on any atom is -0.378 e. The predicted octanol–water partition coefficient (Wildman–Crippen LogP) is 2.01. The fourth-order valence-electron chi connectivity index (χ4n) is 0.609. The number of nitrogens with zero attached hydrogens (tertiary/aromatic N) is 3. The van der Waals surface area contributed by atoms with Gasteiger partial charge in [-0.1, -0.05) is 32.9 Å². The van der Waals surface area contributed by atoms with Gasteiger partial charge >= 0.3 is 0 Å². The second-order valence-electron chi connectivity index (χ2n) is 1.82. The van der Waals surface area contributed by atoms with Gasteiger partial charge in [-0.3, -0.25) is 4.68 Å². The quantitative estimate of drug-likeness (QED) is 0.711. The lowest BCUT2D eigenvalue weighted by molar-refractivity contribution is 0.181. The highest BCUT2D eigenvalue weighted by Gasteiger charge is 1.93. The number of rotatable bonds is 2. The number of aromatic nitrogens is 3. The van der Waals surface area contributed by atoms with Gasteiger partial charge in [0.05, 0.1) is 12.8 Å². The summed E-state index contributed by atoms with van der Waals surface area (Å²) in [5, 5.41) is 7.52. The number of ether oxygens (including phenoxy) is 1. The first kappa shape index (κ1) is 14.6. The summed E-state index contributed by atoms with van der Waals surface area (Å²) in [4.78, 5) is 0. The van der Waals surface area contributed by atoms with E-state index >= 15 is 0 Å². The highest BCUT2D eigenvalue weighted by atomic mass is 16.5. The Morgan fingerprint density at radius 1 is 1.31 bits per heavy atom. The van der Waals surface area contributed by atoms with Crippen molar-refractivity contribution in [3.05, 3.63) is 11.9 Å². The molecular weight excluding hydrogens is 166 g/mol. The molecule has 0 aliphatic heterocycles. The number of hydrogen-bond acceptors (Lipinski definition) is 3. The molecule has 0 spiro atoms. The lowest BCUT2D eigenvalue weighted by Gasteiger charge is -1.87. The number of methoxy groups -OCH3 is 1. The van der Waals surface area contributed by atoms with Crippen molar-refractivity contribution >= 4 is 0 Å². The van der Waals surface area contributed by atoms with Crippen LogP contribution in [0.15, 0.2) is 6.20 Å². The molecule has 1 rings (SSSR count). The first-order valence-corrected chi connectivity index (χ1v) is 4.67. The fourth-order valence-corrected chi connectivity index (χ4v) is 0.609. The smallest absolute Gasteiger partial charge is 0.108 e. The molecule has 0 fully saturated rings. The van der Waals surface area contributed by atoms with Gasteiger partial charge in [-0.2, -0.15) is 0 Å². The molecule has 1 aromatic heterocycles. The van der Waals surface area contributed by atoms with Gasteiger partial charge in [0.15, 0.2) is 0 Å². The summed E-state index contributed by atoms with van der Waals surface area (Å²) in [7, 11) is 3.46. The molecule has 1 aromatic rings. The van der Waals surface area contributed by atoms with Crippen LogP contribution < -0.4 is 0 Å². The van der Waals surface area contributed by atoms with Crippen molar-refractivity contribution in [3.63, 3.8) is 0 Å². The summed E-state index contributed by atoms with van der Waals surface area (Å²) >= 11 is 0. The maximum absolute atomic E-state index is 4.83. The molecule has 78 valence electrons. The average molecular weight is 187 g/mol. The molecule has 0 N–H and O–H groups in total. The Hall–Kier alpha value is -0.900. The molecule has 0 bridgehead atoms. The van der Waals surface area contributed by atoms with Gasteiger partial charge in [-0.25, -0.2) is 0 Å². The molecule has 0 aliphatic carbocycles. The van der Waals surface area contributed by atoms with Gasteiger partial charge in [-0.15, -0.1) is 5.10 Å². The van der Waals surface area contributed by atoms with E-state index in [0.29, 0.717) is 6.61 Å². The van der Waals surface area contributed by atoms with Crippen molar-refractivity contribution in [2.24, 2.45) is 7.05 Å². The third-order valence-electron chi connectivity index (χ3n) is 0.942. The van der Waals surface area contributed by atoms with E-state index in [1.54, 1.807) is 11.8 Å². The molecular formula is C9H21N3O. The highest BCUT2D eigenvalue weighted by Crippen LogP contribution is 1.91. The second-order valence-corrected chi connectivity index (χ2v) is 1.82. The maximum atomic E-state index is 4.83. The summed E-state index contributed by atoms with van der Waals surface area (Å²) in [6.07, 6.45) is 1.82. The van der Waals surface area contributed by atoms with Crippen molar-refractivity contribution in [1.82, 2.24) is 15.0 Å². The Bertz CT molecular complexity index is 187. The molecule has 0 saturated carbocycles. The Morgan fingerprint density at radius 3 is 2.15 bits per heavy atom. The first-order chi connectivity index (χ1) is 6.33. The van der Waals surface area contributed by atoms with Gasteiger partial charge in [0.1, 0.15) is 5.69 Å². The molecule has 0 unspecified atom stereocenters. The molecule has 0 amide bonds. The van der Waals surface area contributed by atoms with Crippen molar-refractivity contribution in [1.29, 1.82) is 0 Å². The second kappa shape index (κ2) is 11.1. The Morgan fingerprint density at radius 2 is 1.85 bits per heavy atom. The molecule has 0 atom stereocenters. The monoisotopic (exact) mass is 187 g/mol. The van der Waals surface area contributed by atoms with Crippen LogP contribution in [0.2, 0.25) is 0 Å². The topological polar surface area (TPSA) is 39.9 Å². The van der Waals surface area contributed by atoms with E-state index < -0.39 is 0 Å². The molecule has 1 heterocycles. The fraction of sp³-hybridized carbons (Fsp3) is 0.778. The van der Waals surface area contributed by atoms with Crippen molar-refractivity contribution in [3.8, 4) is 0 Å². The van der Waals surface area contributed by atoms with Gasteiger partial charge < -0.3 is 4.74 Å². The van der Waals surface area contributed by atoms with Gasteiger partial charge in [0, 0.05) is 14.2 Å². The van der Waals surface area contributed by atoms with Crippen molar-refractivity contribution < 1.29 is 4.74 Å². The van der Waals surface area contributed by atoms with Crippen LogP contribution >= 0.6 is 0 Å². The molecule has 0 saturated heterocycles. The number of aryl methyl sites for hydroxylation is 1. The third-order valence-corrected chi connectivity index (χ3v) is 0.942. The average Bonchev–Trinajstić information content (AvgIpc) is 2.59. The SMILES string of the molecule is CC.CC.COCc1cn(C)nn1. The molecule has 0 aromatic carbocycles. The summed E-state index contributed by atoms with van der Waals surface area (Å²) in [6.45, 7) is 8.54. The summed E-state index contributed by atoms with van der Waals surface area (Å²) in [5.41, 5.74) is 0.861. The van der Waals surface area contributed by atoms with Crippen LogP contribution in [0.5, 0.6) is 0 Å². The van der Waals surface area contributed by atoms with Gasteiger partial charge in [-0.05, 0) is 0 Å². The van der Waals surface area contributed by atoms with Crippen LogP contribution in [0.4, 0.5) is 0 Å². The molecule has 0 radical (unpaired) electrons. The summed E-state index contributed by atoms with van der Waals surface area (Å²) in [6, 6.07) is 0. The minimum absolute atomic E-state index is 0.536. The largest absolute Gasteiger partial charge is 0.378 e. The standard InChI is InChI=1S/C5H9N3O.2C2H6/c1-8-3-5(4-9-2)6-7-8;2*1-2/h3H,4H2,1-2H3;2*1-2H3. The molecule has 13 heavy (non-hydrogen) atoms. The van der Waals surface area contributed by atoms with Crippen LogP contribution in [-0.2, 0) is 18.4 Å². The molecule has 0 aliphatic rings. The molecule has 4 heteroatoms. The lowest BCUT2D eigenvalue weighted by atomic mass is 10.5. The lowest BCUT2D eigenvalue weighted by Crippen LogP contribution is -1.85. The van der Waals surface area contributed by atoms with Crippen LogP contribution in [-0.4, -0.2) is 22.1 Å². The van der Waals surface area contributed by atoms with E-state index in [1.165, 1.54) is 0 Å².